The molecule has 2 aliphatic heterocycles. The third-order valence-corrected chi connectivity index (χ3v) is 9.10. The van der Waals surface area contributed by atoms with Gasteiger partial charge in [0.1, 0.15) is 17.3 Å². The molecule has 3 aromatic rings. The lowest BCUT2D eigenvalue weighted by atomic mass is 9.90. The average Bonchev–Trinajstić information content (AvgIpc) is 3.51. The Morgan fingerprint density at radius 1 is 0.930 bits per heavy atom. The number of rotatable bonds is 7. The van der Waals surface area contributed by atoms with E-state index in [0.717, 1.165) is 41.6 Å². The number of amides is 1. The van der Waals surface area contributed by atoms with Crippen molar-refractivity contribution < 1.29 is 45.1 Å². The molecule has 5 rings (SSSR count). The number of thioether (sulfide) groups is 1. The van der Waals surface area contributed by atoms with E-state index in [1.807, 2.05) is 0 Å². The maximum absolute atomic E-state index is 14.2. The van der Waals surface area contributed by atoms with Crippen molar-refractivity contribution >= 4 is 22.8 Å². The number of ketones is 1. The summed E-state index contributed by atoms with van der Waals surface area (Å²) in [7, 11) is 1.42. The summed E-state index contributed by atoms with van der Waals surface area (Å²) in [4.78, 5) is 26.3. The number of Topliss-reactive ketones (excluding diaryl/α,β-unsaturated/α-hetero) is 1. The van der Waals surface area contributed by atoms with Crippen LogP contribution in [0, 0.1) is 5.82 Å². The first kappa shape index (κ1) is 30.9. The second-order valence-corrected chi connectivity index (χ2v) is 11.8. The van der Waals surface area contributed by atoms with Crippen LogP contribution in [0.25, 0.3) is 11.1 Å². The number of carbonyl (C=O) groups excluding carboxylic acids is 2. The van der Waals surface area contributed by atoms with Crippen molar-refractivity contribution in [1.82, 2.24) is 4.90 Å². The summed E-state index contributed by atoms with van der Waals surface area (Å²) >= 11 is 0.742. The maximum Gasteiger partial charge on any atom is 0.416 e. The molecule has 0 saturated carbocycles. The number of aryl methyl sites for hydroxylation is 1. The zero-order valence-corrected chi connectivity index (χ0v) is 23.8. The van der Waals surface area contributed by atoms with Gasteiger partial charge in [-0.3, -0.25) is 4.79 Å². The number of hydrogen-bond donors (Lipinski definition) is 0. The maximum atomic E-state index is 14.2. The van der Waals surface area contributed by atoms with Crippen LogP contribution in [-0.4, -0.2) is 29.1 Å². The van der Waals surface area contributed by atoms with Crippen LogP contribution in [0.15, 0.2) is 54.6 Å². The molecule has 0 radical (unpaired) electrons. The first-order valence-electron chi connectivity index (χ1n) is 13.4. The fourth-order valence-corrected chi connectivity index (χ4v) is 7.18. The van der Waals surface area contributed by atoms with Crippen LogP contribution in [0.4, 0.5) is 35.5 Å². The van der Waals surface area contributed by atoms with E-state index < -0.39 is 51.9 Å². The Morgan fingerprint density at radius 3 is 2.30 bits per heavy atom. The molecule has 228 valence electrons. The van der Waals surface area contributed by atoms with Gasteiger partial charge >= 0.3 is 12.4 Å². The number of alkyl halides is 6. The number of methoxy groups -OCH3 is 1. The summed E-state index contributed by atoms with van der Waals surface area (Å²) in [6.45, 7) is 1.46. The van der Waals surface area contributed by atoms with Gasteiger partial charge in [-0.2, -0.15) is 26.3 Å². The lowest BCUT2D eigenvalue weighted by Gasteiger charge is -2.28. The Morgan fingerprint density at radius 2 is 1.65 bits per heavy atom. The van der Waals surface area contributed by atoms with E-state index in [9.17, 15) is 40.3 Å². The minimum absolute atomic E-state index is 0.0112. The summed E-state index contributed by atoms with van der Waals surface area (Å²) in [5, 5.41) is -1.35. The highest BCUT2D eigenvalue weighted by molar-refractivity contribution is 8.14. The highest BCUT2D eigenvalue weighted by Gasteiger charge is 2.50. The predicted octanol–water partition coefficient (Wildman–Crippen LogP) is 9.17. The van der Waals surface area contributed by atoms with Crippen molar-refractivity contribution in [3.8, 4) is 16.9 Å². The van der Waals surface area contributed by atoms with Crippen molar-refractivity contribution in [2.75, 3.05) is 7.11 Å². The standard InChI is InChI=1S/C31H26F7NO3S/c1-16(40)3-4-17-5-10-27(42-2)24(11-17)22-7-6-19(30(33,34)35)15-23(22)25-8-9-26-28(43-29(41)39(25)26)18-12-20(31(36,37)38)14-21(32)13-18/h5-7,10-15,25-26,28H,3-4,8-9H2,1-2H3/t25-,26-,28+/m0/s1. The number of benzene rings is 3. The molecule has 3 atom stereocenters. The summed E-state index contributed by atoms with van der Waals surface area (Å²) in [5.74, 6) is -0.741. The smallest absolute Gasteiger partial charge is 0.416 e. The number of carbonyl (C=O) groups is 2. The van der Waals surface area contributed by atoms with Gasteiger partial charge in [0.2, 0.25) is 0 Å². The molecule has 2 aliphatic rings. The van der Waals surface area contributed by atoms with Gasteiger partial charge in [0, 0.05) is 18.0 Å². The van der Waals surface area contributed by atoms with Crippen LogP contribution in [0.2, 0.25) is 0 Å². The van der Waals surface area contributed by atoms with E-state index in [1.54, 1.807) is 18.2 Å². The third-order valence-electron chi connectivity index (χ3n) is 7.85. The molecule has 2 saturated heterocycles. The summed E-state index contributed by atoms with van der Waals surface area (Å²) in [6.07, 6.45) is -8.27. The quantitative estimate of drug-likeness (QED) is 0.246. The normalized spacial score (nSPS) is 20.4. The molecular weight excluding hydrogens is 599 g/mol. The largest absolute Gasteiger partial charge is 0.496 e. The Balaban J connectivity index is 1.59. The SMILES string of the molecule is COc1ccc(CCC(C)=O)cc1-c1ccc(C(F)(F)F)cc1[C@@H]1CC[C@H]2[C@@H](c3cc(F)cc(C(F)(F)F)c3)SC(=O)N12. The second-order valence-electron chi connectivity index (χ2n) is 10.7. The van der Waals surface area contributed by atoms with Gasteiger partial charge < -0.3 is 14.4 Å². The highest BCUT2D eigenvalue weighted by Crippen LogP contribution is 2.55. The fourth-order valence-electron chi connectivity index (χ4n) is 5.88. The van der Waals surface area contributed by atoms with Crippen molar-refractivity contribution in [3.05, 3.63) is 88.2 Å². The molecule has 0 unspecified atom stereocenters. The van der Waals surface area contributed by atoms with E-state index in [2.05, 4.69) is 0 Å². The first-order valence-corrected chi connectivity index (χ1v) is 14.3. The Hall–Kier alpha value is -3.54. The molecule has 1 amide bonds. The molecule has 2 heterocycles. The number of halogens is 7. The van der Waals surface area contributed by atoms with Gasteiger partial charge in [0.05, 0.1) is 29.5 Å². The van der Waals surface area contributed by atoms with Crippen molar-refractivity contribution in [2.24, 2.45) is 0 Å². The van der Waals surface area contributed by atoms with Gasteiger partial charge in [-0.05, 0) is 90.9 Å². The van der Waals surface area contributed by atoms with Gasteiger partial charge in [0.25, 0.3) is 5.24 Å². The van der Waals surface area contributed by atoms with Crippen LogP contribution >= 0.6 is 11.8 Å². The van der Waals surface area contributed by atoms with E-state index in [-0.39, 0.29) is 36.2 Å². The molecule has 12 heteroatoms. The molecule has 0 bridgehead atoms. The van der Waals surface area contributed by atoms with E-state index in [4.69, 9.17) is 4.74 Å². The molecule has 0 aliphatic carbocycles. The van der Waals surface area contributed by atoms with Crippen LogP contribution in [-0.2, 0) is 23.6 Å². The summed E-state index contributed by atoms with van der Waals surface area (Å²) in [6, 6.07) is 9.13. The number of fused-ring (bicyclic) bond motifs is 1. The highest BCUT2D eigenvalue weighted by atomic mass is 32.2. The molecule has 3 aromatic carbocycles. The summed E-state index contributed by atoms with van der Waals surface area (Å²) in [5.41, 5.74) is -0.261. The minimum atomic E-state index is -4.80. The topological polar surface area (TPSA) is 46.6 Å². The summed E-state index contributed by atoms with van der Waals surface area (Å²) < 4.78 is 102. The Labute approximate surface area is 247 Å². The molecule has 2 fully saturated rings. The van der Waals surface area contributed by atoms with Crippen LogP contribution in [0.1, 0.15) is 65.3 Å². The number of ether oxygens (including phenoxy) is 1. The molecular formula is C31H26F7NO3S. The third kappa shape index (κ3) is 6.25. The van der Waals surface area contributed by atoms with Crippen molar-refractivity contribution in [1.29, 1.82) is 0 Å². The molecule has 0 N–H and O–H groups in total. The lowest BCUT2D eigenvalue weighted by Crippen LogP contribution is -2.31. The lowest BCUT2D eigenvalue weighted by molar-refractivity contribution is -0.138. The predicted molar refractivity (Wildman–Crippen MR) is 147 cm³/mol. The number of hydrogen-bond acceptors (Lipinski definition) is 4. The zero-order chi connectivity index (χ0) is 31.3. The number of nitrogens with zero attached hydrogens (tertiary/aromatic N) is 1. The molecule has 4 nitrogen and oxygen atoms in total. The Kier molecular flexibility index (Phi) is 8.28. The van der Waals surface area contributed by atoms with E-state index >= 15 is 0 Å². The van der Waals surface area contributed by atoms with E-state index in [0.29, 0.717) is 29.4 Å². The monoisotopic (exact) mass is 625 g/mol. The van der Waals surface area contributed by atoms with Gasteiger partial charge in [-0.15, -0.1) is 0 Å². The zero-order valence-electron chi connectivity index (χ0n) is 23.0. The van der Waals surface area contributed by atoms with Crippen molar-refractivity contribution in [3.63, 3.8) is 0 Å². The second kappa shape index (κ2) is 11.5. The average molecular weight is 626 g/mol. The van der Waals surface area contributed by atoms with Gasteiger partial charge in [0.15, 0.2) is 0 Å². The fraction of sp³-hybridized carbons (Fsp3) is 0.355. The van der Waals surface area contributed by atoms with E-state index in [1.165, 1.54) is 25.0 Å². The van der Waals surface area contributed by atoms with Gasteiger partial charge in [-0.25, -0.2) is 4.39 Å². The van der Waals surface area contributed by atoms with Crippen LogP contribution in [0.3, 0.4) is 0 Å². The van der Waals surface area contributed by atoms with Crippen molar-refractivity contribution in [2.45, 2.75) is 62.3 Å². The Bertz CT molecular complexity index is 1570. The first-order chi connectivity index (χ1) is 20.2. The molecule has 0 aromatic heterocycles. The minimum Gasteiger partial charge on any atom is -0.496 e. The van der Waals surface area contributed by atoms with Crippen LogP contribution < -0.4 is 4.74 Å². The molecule has 43 heavy (non-hydrogen) atoms. The van der Waals surface area contributed by atoms with Gasteiger partial charge in [-0.1, -0.05) is 23.9 Å². The van der Waals surface area contributed by atoms with Crippen LogP contribution in [0.5, 0.6) is 5.75 Å². The molecule has 0 spiro atoms.